The van der Waals surface area contributed by atoms with E-state index in [2.05, 4.69) is 10.3 Å². The van der Waals surface area contributed by atoms with Crippen molar-refractivity contribution in [1.82, 2.24) is 10.3 Å². The zero-order chi connectivity index (χ0) is 16.3. The van der Waals surface area contributed by atoms with Crippen LogP contribution in [0.2, 0.25) is 0 Å². The highest BCUT2D eigenvalue weighted by Crippen LogP contribution is 2.18. The van der Waals surface area contributed by atoms with Gasteiger partial charge in [-0.15, -0.1) is 0 Å². The lowest BCUT2D eigenvalue weighted by Gasteiger charge is -2.20. The maximum atomic E-state index is 12.0. The third-order valence-corrected chi connectivity index (χ3v) is 3.08. The number of aromatic amines is 1. The molecule has 1 heterocycles. The molecule has 0 saturated heterocycles. The summed E-state index contributed by atoms with van der Waals surface area (Å²) in [5.41, 5.74) is 7.13. The van der Waals surface area contributed by atoms with Crippen LogP contribution >= 0.6 is 0 Å². The lowest BCUT2D eigenvalue weighted by atomic mass is 10.1. The summed E-state index contributed by atoms with van der Waals surface area (Å²) < 4.78 is 5.03. The number of rotatable bonds is 3. The molecule has 0 saturated carbocycles. The van der Waals surface area contributed by atoms with E-state index >= 15 is 0 Å². The lowest BCUT2D eigenvalue weighted by molar-refractivity contribution is -0.121. The third-order valence-electron chi connectivity index (χ3n) is 3.08. The van der Waals surface area contributed by atoms with Gasteiger partial charge in [0.25, 0.3) is 0 Å². The van der Waals surface area contributed by atoms with Crippen LogP contribution in [0.1, 0.15) is 26.3 Å². The van der Waals surface area contributed by atoms with Crippen LogP contribution in [-0.4, -0.2) is 28.6 Å². The summed E-state index contributed by atoms with van der Waals surface area (Å²) in [6.45, 7) is 5.18. The Morgan fingerprint density at radius 1 is 1.32 bits per heavy atom. The predicted octanol–water partition coefficient (Wildman–Crippen LogP) is 2.09. The van der Waals surface area contributed by atoms with Crippen LogP contribution in [0.25, 0.3) is 10.9 Å². The molecule has 6 nitrogen and oxygen atoms in total. The number of carbonyl (C=O) groups is 2. The predicted molar refractivity (Wildman–Crippen MR) is 84.4 cm³/mol. The summed E-state index contributed by atoms with van der Waals surface area (Å²) in [5.74, 6) is -0.556. The van der Waals surface area contributed by atoms with E-state index in [1.165, 1.54) is 0 Å². The highest BCUT2D eigenvalue weighted by atomic mass is 16.6. The average molecular weight is 303 g/mol. The second-order valence-corrected chi connectivity index (χ2v) is 6.16. The molecular formula is C16H21N3O3. The zero-order valence-electron chi connectivity index (χ0n) is 13.0. The standard InChI is InChI=1S/C16H21N3O3/c1-16(2,3)22-15(21)19-14(20)12(17)8-10-9-18-13-7-5-4-6-11(10)13/h4-7,9,12,18H,8,17H2,1-3H3,(H,19,20,21)/t12-/m0/s1. The van der Waals surface area contributed by atoms with Crippen molar-refractivity contribution in [1.29, 1.82) is 0 Å². The molecule has 4 N–H and O–H groups in total. The fourth-order valence-corrected chi connectivity index (χ4v) is 2.13. The minimum Gasteiger partial charge on any atom is -0.444 e. The van der Waals surface area contributed by atoms with Gasteiger partial charge in [-0.25, -0.2) is 4.79 Å². The van der Waals surface area contributed by atoms with Crippen molar-refractivity contribution >= 4 is 22.9 Å². The molecule has 2 amide bonds. The van der Waals surface area contributed by atoms with Gasteiger partial charge in [0.2, 0.25) is 5.91 Å². The molecule has 22 heavy (non-hydrogen) atoms. The van der Waals surface area contributed by atoms with Crippen LogP contribution in [-0.2, 0) is 16.0 Å². The molecule has 2 rings (SSSR count). The topological polar surface area (TPSA) is 97.2 Å². The Bertz CT molecular complexity index is 685. The Hall–Kier alpha value is -2.34. The van der Waals surface area contributed by atoms with E-state index in [4.69, 9.17) is 10.5 Å². The van der Waals surface area contributed by atoms with Crippen LogP contribution in [0.5, 0.6) is 0 Å². The van der Waals surface area contributed by atoms with Gasteiger partial charge in [0.15, 0.2) is 0 Å². The molecule has 0 unspecified atom stereocenters. The first-order valence-corrected chi connectivity index (χ1v) is 7.11. The lowest BCUT2D eigenvalue weighted by Crippen LogP contribution is -2.46. The van der Waals surface area contributed by atoms with Crippen LogP contribution in [0.3, 0.4) is 0 Å². The van der Waals surface area contributed by atoms with Gasteiger partial charge in [-0.1, -0.05) is 18.2 Å². The number of hydrogen-bond acceptors (Lipinski definition) is 4. The van der Waals surface area contributed by atoms with Gasteiger partial charge in [-0.05, 0) is 38.8 Å². The number of fused-ring (bicyclic) bond motifs is 1. The monoisotopic (exact) mass is 303 g/mol. The fourth-order valence-electron chi connectivity index (χ4n) is 2.13. The minimum atomic E-state index is -0.827. The van der Waals surface area contributed by atoms with Gasteiger partial charge >= 0.3 is 6.09 Å². The first kappa shape index (κ1) is 16.0. The number of para-hydroxylation sites is 1. The van der Waals surface area contributed by atoms with E-state index in [9.17, 15) is 9.59 Å². The molecule has 0 bridgehead atoms. The molecule has 0 aliphatic rings. The van der Waals surface area contributed by atoms with E-state index in [1.807, 2.05) is 30.5 Å². The first-order valence-electron chi connectivity index (χ1n) is 7.11. The molecule has 2 aromatic rings. The largest absolute Gasteiger partial charge is 0.444 e. The highest BCUT2D eigenvalue weighted by Gasteiger charge is 2.22. The molecule has 0 radical (unpaired) electrons. The van der Waals surface area contributed by atoms with Gasteiger partial charge in [0.1, 0.15) is 5.60 Å². The number of carbonyl (C=O) groups excluding carboxylic acids is 2. The summed E-state index contributed by atoms with van der Waals surface area (Å²) in [6, 6.07) is 6.93. The van der Waals surface area contributed by atoms with E-state index < -0.39 is 23.6 Å². The van der Waals surface area contributed by atoms with Crippen molar-refractivity contribution in [3.05, 3.63) is 36.0 Å². The summed E-state index contributed by atoms with van der Waals surface area (Å²) in [4.78, 5) is 26.7. The number of alkyl carbamates (subject to hydrolysis) is 1. The molecule has 0 aliphatic heterocycles. The second-order valence-electron chi connectivity index (χ2n) is 6.16. The molecule has 1 aromatic heterocycles. The van der Waals surface area contributed by atoms with Crippen molar-refractivity contribution in [2.45, 2.75) is 38.8 Å². The number of amides is 2. The van der Waals surface area contributed by atoms with E-state index in [1.54, 1.807) is 20.8 Å². The molecule has 0 spiro atoms. The number of ether oxygens (including phenoxy) is 1. The summed E-state index contributed by atoms with van der Waals surface area (Å²) in [5, 5.41) is 3.18. The summed E-state index contributed by atoms with van der Waals surface area (Å²) in [7, 11) is 0. The normalized spacial score (nSPS) is 12.9. The van der Waals surface area contributed by atoms with Crippen molar-refractivity contribution in [3.63, 3.8) is 0 Å². The number of benzene rings is 1. The Kier molecular flexibility index (Phi) is 4.51. The van der Waals surface area contributed by atoms with Crippen LogP contribution < -0.4 is 11.1 Å². The van der Waals surface area contributed by atoms with Gasteiger partial charge in [0.05, 0.1) is 6.04 Å². The third kappa shape index (κ3) is 4.08. The SMILES string of the molecule is CC(C)(C)OC(=O)NC(=O)[C@@H](N)Cc1c[nH]c2ccccc12. The summed E-state index contributed by atoms with van der Waals surface area (Å²) in [6.07, 6.45) is 1.37. The average Bonchev–Trinajstić information content (AvgIpc) is 2.80. The number of nitrogens with two attached hydrogens (primary N) is 1. The fraction of sp³-hybridized carbons (Fsp3) is 0.375. The van der Waals surface area contributed by atoms with Crippen LogP contribution in [0.4, 0.5) is 4.79 Å². The van der Waals surface area contributed by atoms with Crippen LogP contribution in [0.15, 0.2) is 30.5 Å². The van der Waals surface area contributed by atoms with Crippen molar-refractivity contribution in [2.75, 3.05) is 0 Å². The van der Waals surface area contributed by atoms with E-state index in [0.717, 1.165) is 16.5 Å². The first-order chi connectivity index (χ1) is 10.3. The number of imide groups is 1. The Morgan fingerprint density at radius 3 is 2.68 bits per heavy atom. The van der Waals surface area contributed by atoms with Gasteiger partial charge in [-0.2, -0.15) is 0 Å². The minimum absolute atomic E-state index is 0.332. The van der Waals surface area contributed by atoms with Gasteiger partial charge < -0.3 is 15.5 Å². The van der Waals surface area contributed by atoms with Crippen molar-refractivity contribution in [2.24, 2.45) is 5.73 Å². The van der Waals surface area contributed by atoms with Crippen molar-refractivity contribution < 1.29 is 14.3 Å². The number of nitrogens with one attached hydrogen (secondary N) is 2. The maximum absolute atomic E-state index is 12.0. The highest BCUT2D eigenvalue weighted by molar-refractivity contribution is 5.95. The Morgan fingerprint density at radius 2 is 2.00 bits per heavy atom. The second kappa shape index (κ2) is 6.19. The smallest absolute Gasteiger partial charge is 0.414 e. The maximum Gasteiger partial charge on any atom is 0.414 e. The summed E-state index contributed by atoms with van der Waals surface area (Å²) >= 11 is 0. The number of aromatic nitrogens is 1. The molecular weight excluding hydrogens is 282 g/mol. The molecule has 1 atom stereocenters. The van der Waals surface area contributed by atoms with Gasteiger partial charge in [0, 0.05) is 17.1 Å². The zero-order valence-corrected chi connectivity index (χ0v) is 13.0. The Labute approximate surface area is 129 Å². The van der Waals surface area contributed by atoms with Crippen molar-refractivity contribution in [3.8, 4) is 0 Å². The quantitative estimate of drug-likeness (QED) is 0.808. The Balaban J connectivity index is 1.98. The molecule has 6 heteroatoms. The van der Waals surface area contributed by atoms with E-state index in [-0.39, 0.29) is 0 Å². The van der Waals surface area contributed by atoms with E-state index in [0.29, 0.717) is 6.42 Å². The molecule has 1 aromatic carbocycles. The number of H-pyrrole nitrogens is 1. The molecule has 118 valence electrons. The molecule has 0 aliphatic carbocycles. The van der Waals surface area contributed by atoms with Gasteiger partial charge in [-0.3, -0.25) is 10.1 Å². The van der Waals surface area contributed by atoms with Crippen LogP contribution in [0, 0.1) is 0 Å². The molecule has 0 fully saturated rings. The number of hydrogen-bond donors (Lipinski definition) is 3.